The molecule has 1 amide bonds. The second kappa shape index (κ2) is 5.35. The first kappa shape index (κ1) is 13.4. The van der Waals surface area contributed by atoms with Crippen LogP contribution in [0.15, 0.2) is 0 Å². The summed E-state index contributed by atoms with van der Waals surface area (Å²) < 4.78 is 0. The van der Waals surface area contributed by atoms with Crippen molar-refractivity contribution in [3.8, 4) is 0 Å². The van der Waals surface area contributed by atoms with E-state index in [0.29, 0.717) is 12.8 Å². The minimum atomic E-state index is -0.398. The number of rotatable bonds is 4. The van der Waals surface area contributed by atoms with Crippen LogP contribution in [0.3, 0.4) is 0 Å². The molecule has 0 aliphatic carbocycles. The fourth-order valence-electron chi connectivity index (χ4n) is 0.870. The molecule has 3 nitrogen and oxygen atoms in total. The van der Waals surface area contributed by atoms with E-state index >= 15 is 0 Å². The fourth-order valence-corrected chi connectivity index (χ4v) is 0.870. The van der Waals surface area contributed by atoms with E-state index in [4.69, 9.17) is 5.11 Å². The van der Waals surface area contributed by atoms with Gasteiger partial charge in [0, 0.05) is 12.5 Å². The van der Waals surface area contributed by atoms with E-state index in [1.54, 1.807) is 6.92 Å². The number of nitrogens with one attached hydrogen (secondary N) is 1. The number of carbonyl (C=O) groups is 1. The molecule has 3 heteroatoms. The summed E-state index contributed by atoms with van der Waals surface area (Å²) in [5.74, 6) is 0.0216. The maximum Gasteiger partial charge on any atom is 0.220 e. The average molecular weight is 201 g/mol. The Morgan fingerprint density at radius 3 is 2.21 bits per heavy atom. The Morgan fingerprint density at radius 1 is 1.36 bits per heavy atom. The van der Waals surface area contributed by atoms with Gasteiger partial charge in [-0.05, 0) is 25.7 Å². The quantitative estimate of drug-likeness (QED) is 0.727. The first-order valence-electron chi connectivity index (χ1n) is 5.21. The number of hydrogen-bond donors (Lipinski definition) is 2. The van der Waals surface area contributed by atoms with E-state index in [2.05, 4.69) is 26.1 Å². The molecule has 2 N–H and O–H groups in total. The molecule has 0 fully saturated rings. The van der Waals surface area contributed by atoms with Crippen molar-refractivity contribution in [1.29, 1.82) is 0 Å². The van der Waals surface area contributed by atoms with Crippen LogP contribution in [-0.2, 0) is 4.79 Å². The Bertz CT molecular complexity index is 182. The Labute approximate surface area is 86.9 Å². The molecule has 14 heavy (non-hydrogen) atoms. The normalized spacial score (nSPS) is 16.1. The fraction of sp³-hybridized carbons (Fsp3) is 0.909. The zero-order chi connectivity index (χ0) is 11.4. The highest BCUT2D eigenvalue weighted by Crippen LogP contribution is 2.18. The van der Waals surface area contributed by atoms with Gasteiger partial charge < -0.3 is 10.4 Å². The highest BCUT2D eigenvalue weighted by atomic mass is 16.3. The predicted molar refractivity (Wildman–Crippen MR) is 58.0 cm³/mol. The number of aliphatic hydroxyl groups is 1. The van der Waals surface area contributed by atoms with Gasteiger partial charge in [0.15, 0.2) is 0 Å². The summed E-state index contributed by atoms with van der Waals surface area (Å²) in [5, 5.41) is 11.9. The molecular formula is C11H23NO2. The van der Waals surface area contributed by atoms with Gasteiger partial charge in [-0.1, -0.05) is 20.8 Å². The lowest BCUT2D eigenvalue weighted by Gasteiger charge is -2.28. The molecule has 0 radical (unpaired) electrons. The highest BCUT2D eigenvalue weighted by molar-refractivity contribution is 5.76. The number of hydrogen-bond acceptors (Lipinski definition) is 2. The molecule has 0 saturated heterocycles. The molecule has 0 aliphatic heterocycles. The molecule has 0 aromatic carbocycles. The molecule has 0 aromatic rings. The number of carbonyl (C=O) groups excluding carboxylic acids is 1. The van der Waals surface area contributed by atoms with Gasteiger partial charge in [-0.2, -0.15) is 0 Å². The maximum absolute atomic E-state index is 11.4. The van der Waals surface area contributed by atoms with Crippen LogP contribution in [0.25, 0.3) is 0 Å². The molecule has 0 aromatic heterocycles. The molecule has 0 aliphatic rings. The van der Waals surface area contributed by atoms with Gasteiger partial charge in [-0.3, -0.25) is 4.79 Å². The summed E-state index contributed by atoms with van der Waals surface area (Å²) >= 11 is 0. The summed E-state index contributed by atoms with van der Waals surface area (Å²) in [5.41, 5.74) is 0.0838. The van der Waals surface area contributed by atoms with E-state index in [9.17, 15) is 4.79 Å². The Kier molecular flexibility index (Phi) is 5.13. The maximum atomic E-state index is 11.4. The number of aliphatic hydroxyl groups excluding tert-OH is 1. The van der Waals surface area contributed by atoms with E-state index in [1.807, 2.05) is 6.92 Å². The van der Waals surface area contributed by atoms with Gasteiger partial charge in [-0.25, -0.2) is 0 Å². The third-order valence-corrected chi connectivity index (χ3v) is 2.47. The molecule has 0 bridgehead atoms. The SMILES string of the molecule is CC(O)CCC(=O)NC(C)C(C)(C)C. The smallest absolute Gasteiger partial charge is 0.220 e. The first-order chi connectivity index (χ1) is 6.23. The zero-order valence-corrected chi connectivity index (χ0v) is 9.92. The standard InChI is InChI=1S/C11H23NO2/c1-8(13)6-7-10(14)12-9(2)11(3,4)5/h8-9,13H,6-7H2,1-5H3,(H,12,14). The van der Waals surface area contributed by atoms with Gasteiger partial charge in [-0.15, -0.1) is 0 Å². The van der Waals surface area contributed by atoms with Gasteiger partial charge in [0.2, 0.25) is 5.91 Å². The van der Waals surface area contributed by atoms with Gasteiger partial charge in [0.1, 0.15) is 0 Å². The van der Waals surface area contributed by atoms with E-state index in [1.165, 1.54) is 0 Å². The van der Waals surface area contributed by atoms with Crippen molar-refractivity contribution in [2.75, 3.05) is 0 Å². The van der Waals surface area contributed by atoms with Crippen LogP contribution < -0.4 is 5.32 Å². The second-order valence-corrected chi connectivity index (χ2v) is 5.04. The lowest BCUT2D eigenvalue weighted by Crippen LogP contribution is -2.41. The molecular weight excluding hydrogens is 178 g/mol. The predicted octanol–water partition coefficient (Wildman–Crippen LogP) is 1.70. The van der Waals surface area contributed by atoms with Crippen molar-refractivity contribution in [3.05, 3.63) is 0 Å². The summed E-state index contributed by atoms with van der Waals surface area (Å²) in [6.45, 7) is 9.96. The average Bonchev–Trinajstić information content (AvgIpc) is 1.99. The van der Waals surface area contributed by atoms with Crippen LogP contribution in [0.2, 0.25) is 0 Å². The monoisotopic (exact) mass is 201 g/mol. The molecule has 0 heterocycles. The van der Waals surface area contributed by atoms with Crippen molar-refractivity contribution in [1.82, 2.24) is 5.32 Å². The topological polar surface area (TPSA) is 49.3 Å². The van der Waals surface area contributed by atoms with Crippen LogP contribution in [0, 0.1) is 5.41 Å². The van der Waals surface area contributed by atoms with Gasteiger partial charge >= 0.3 is 0 Å². The van der Waals surface area contributed by atoms with Crippen LogP contribution in [0.4, 0.5) is 0 Å². The Balaban J connectivity index is 3.84. The van der Waals surface area contributed by atoms with Crippen LogP contribution in [0.5, 0.6) is 0 Å². The minimum absolute atomic E-state index is 0.0216. The van der Waals surface area contributed by atoms with Crippen molar-refractivity contribution < 1.29 is 9.90 Å². The summed E-state index contributed by atoms with van der Waals surface area (Å²) in [6.07, 6.45) is 0.534. The third kappa shape index (κ3) is 5.97. The molecule has 84 valence electrons. The van der Waals surface area contributed by atoms with Gasteiger partial charge in [0.05, 0.1) is 6.10 Å². The summed E-state index contributed by atoms with van der Waals surface area (Å²) in [6, 6.07) is 0.156. The lowest BCUT2D eigenvalue weighted by molar-refractivity contribution is -0.122. The lowest BCUT2D eigenvalue weighted by atomic mass is 9.88. The van der Waals surface area contributed by atoms with Crippen LogP contribution in [0.1, 0.15) is 47.5 Å². The summed E-state index contributed by atoms with van der Waals surface area (Å²) in [4.78, 5) is 11.4. The van der Waals surface area contributed by atoms with Crippen molar-refractivity contribution in [2.24, 2.45) is 5.41 Å². The van der Waals surface area contributed by atoms with E-state index in [0.717, 1.165) is 0 Å². The van der Waals surface area contributed by atoms with Crippen molar-refractivity contribution in [3.63, 3.8) is 0 Å². The number of amides is 1. The molecule has 2 atom stereocenters. The second-order valence-electron chi connectivity index (χ2n) is 5.04. The van der Waals surface area contributed by atoms with Crippen molar-refractivity contribution in [2.45, 2.75) is 59.6 Å². The van der Waals surface area contributed by atoms with Crippen molar-refractivity contribution >= 4 is 5.91 Å². The van der Waals surface area contributed by atoms with Crippen LogP contribution >= 0.6 is 0 Å². The largest absolute Gasteiger partial charge is 0.393 e. The zero-order valence-electron chi connectivity index (χ0n) is 9.92. The van der Waals surface area contributed by atoms with Gasteiger partial charge in [0.25, 0.3) is 0 Å². The first-order valence-corrected chi connectivity index (χ1v) is 5.21. The third-order valence-electron chi connectivity index (χ3n) is 2.47. The molecule has 0 rings (SSSR count). The van der Waals surface area contributed by atoms with E-state index < -0.39 is 6.10 Å². The van der Waals surface area contributed by atoms with Crippen LogP contribution in [-0.4, -0.2) is 23.2 Å². The highest BCUT2D eigenvalue weighted by Gasteiger charge is 2.21. The Morgan fingerprint density at radius 2 is 1.86 bits per heavy atom. The minimum Gasteiger partial charge on any atom is -0.393 e. The molecule has 0 spiro atoms. The Hall–Kier alpha value is -0.570. The molecule has 0 saturated carbocycles. The molecule has 2 unspecified atom stereocenters. The summed E-state index contributed by atoms with van der Waals surface area (Å²) in [7, 11) is 0. The van der Waals surface area contributed by atoms with E-state index in [-0.39, 0.29) is 17.4 Å².